The second-order valence-electron chi connectivity index (χ2n) is 5.69. The van der Waals surface area contributed by atoms with Crippen LogP contribution in [-0.4, -0.2) is 24.1 Å². The van der Waals surface area contributed by atoms with E-state index in [-0.39, 0.29) is 18.2 Å². The molecule has 3 rings (SSSR count). The van der Waals surface area contributed by atoms with Gasteiger partial charge in [0.1, 0.15) is 11.9 Å². The number of hydrogen-bond donors (Lipinski definition) is 2. The van der Waals surface area contributed by atoms with E-state index in [2.05, 4.69) is 5.32 Å². The molecular weight excluding hydrogens is 295 g/mol. The molecule has 1 atom stereocenters. The molecule has 0 radical (unpaired) electrons. The van der Waals surface area contributed by atoms with Crippen LogP contribution in [0, 0.1) is 0 Å². The number of carbonyl (C=O) groups is 1. The van der Waals surface area contributed by atoms with Crippen molar-refractivity contribution < 1.29 is 14.3 Å². The molecule has 0 fully saturated rings. The van der Waals surface area contributed by atoms with Crippen LogP contribution in [0.25, 0.3) is 0 Å². The van der Waals surface area contributed by atoms with Crippen LogP contribution in [0.3, 0.4) is 0 Å². The van der Waals surface area contributed by atoms with E-state index in [1.54, 1.807) is 18.2 Å². The number of hydrogen-bond acceptors (Lipinski definition) is 3. The second kappa shape index (κ2) is 6.69. The van der Waals surface area contributed by atoms with E-state index in [0.717, 1.165) is 5.69 Å². The number of amides is 1. The minimum Gasteiger partial charge on any atom is -0.508 e. The summed E-state index contributed by atoms with van der Waals surface area (Å²) in [6, 6.07) is 13.7. The van der Waals surface area contributed by atoms with Crippen LogP contribution in [0.2, 0.25) is 0 Å². The van der Waals surface area contributed by atoms with Gasteiger partial charge >= 0.3 is 0 Å². The van der Waals surface area contributed by atoms with E-state index in [4.69, 9.17) is 0 Å². The van der Waals surface area contributed by atoms with Gasteiger partial charge in [0.25, 0.3) is 0 Å². The lowest BCUT2D eigenvalue weighted by Crippen LogP contribution is -2.33. The van der Waals surface area contributed by atoms with Crippen molar-refractivity contribution in [1.82, 2.24) is 0 Å². The fraction of sp³-hybridized carbons (Fsp3) is 0.278. The number of halogens is 1. The number of phenols is 1. The van der Waals surface area contributed by atoms with Crippen LogP contribution < -0.4 is 10.2 Å². The van der Waals surface area contributed by atoms with E-state index < -0.39 is 6.17 Å². The van der Waals surface area contributed by atoms with E-state index in [1.807, 2.05) is 23.1 Å². The Kier molecular flexibility index (Phi) is 4.46. The van der Waals surface area contributed by atoms with E-state index in [9.17, 15) is 14.3 Å². The lowest BCUT2D eigenvalue weighted by Gasteiger charge is -2.24. The van der Waals surface area contributed by atoms with Crippen molar-refractivity contribution in [3.8, 4) is 5.75 Å². The van der Waals surface area contributed by atoms with Gasteiger partial charge in [-0.1, -0.05) is 18.2 Å². The lowest BCUT2D eigenvalue weighted by molar-refractivity contribution is -0.115. The SMILES string of the molecule is O=C(CN1CCCC(F)c2ccccc21)Nc1ccc(O)cc1. The minimum atomic E-state index is -0.976. The molecule has 120 valence electrons. The molecule has 1 amide bonds. The Hall–Kier alpha value is -2.56. The first-order valence-electron chi connectivity index (χ1n) is 7.70. The van der Waals surface area contributed by atoms with Gasteiger partial charge in [-0.2, -0.15) is 0 Å². The van der Waals surface area contributed by atoms with Crippen LogP contribution >= 0.6 is 0 Å². The van der Waals surface area contributed by atoms with Crippen molar-refractivity contribution >= 4 is 17.3 Å². The molecule has 2 N–H and O–H groups in total. The Morgan fingerprint density at radius 1 is 1.22 bits per heavy atom. The third kappa shape index (κ3) is 3.62. The number of benzene rings is 2. The van der Waals surface area contributed by atoms with Gasteiger partial charge in [-0.15, -0.1) is 0 Å². The van der Waals surface area contributed by atoms with Crippen molar-refractivity contribution in [1.29, 1.82) is 0 Å². The van der Waals surface area contributed by atoms with E-state index in [0.29, 0.717) is 30.6 Å². The van der Waals surface area contributed by atoms with E-state index in [1.165, 1.54) is 12.1 Å². The number of aromatic hydroxyl groups is 1. The zero-order chi connectivity index (χ0) is 16.2. The van der Waals surface area contributed by atoms with Crippen molar-refractivity contribution in [3.63, 3.8) is 0 Å². The summed E-state index contributed by atoms with van der Waals surface area (Å²) in [7, 11) is 0. The normalized spacial score (nSPS) is 17.3. The van der Waals surface area contributed by atoms with Crippen molar-refractivity contribution in [2.24, 2.45) is 0 Å². The zero-order valence-corrected chi connectivity index (χ0v) is 12.7. The predicted octanol–water partition coefficient (Wildman–Crippen LogP) is 3.64. The van der Waals surface area contributed by atoms with Crippen LogP contribution in [0.15, 0.2) is 48.5 Å². The minimum absolute atomic E-state index is 0.151. The molecule has 2 aromatic rings. The van der Waals surface area contributed by atoms with Crippen molar-refractivity contribution in [2.75, 3.05) is 23.3 Å². The molecule has 1 heterocycles. The average molecular weight is 314 g/mol. The third-order valence-corrected chi connectivity index (χ3v) is 3.99. The number of nitrogens with one attached hydrogen (secondary N) is 1. The molecule has 0 bridgehead atoms. The smallest absolute Gasteiger partial charge is 0.243 e. The highest BCUT2D eigenvalue weighted by Crippen LogP contribution is 2.34. The molecular formula is C18H19FN2O2. The van der Waals surface area contributed by atoms with Gasteiger partial charge in [-0.25, -0.2) is 4.39 Å². The number of carbonyl (C=O) groups excluding carboxylic acids is 1. The molecule has 0 spiro atoms. The summed E-state index contributed by atoms with van der Waals surface area (Å²) in [5, 5.41) is 12.1. The summed E-state index contributed by atoms with van der Waals surface area (Å²) < 4.78 is 14.2. The lowest BCUT2D eigenvalue weighted by atomic mass is 10.1. The third-order valence-electron chi connectivity index (χ3n) is 3.99. The molecule has 0 aromatic heterocycles. The van der Waals surface area contributed by atoms with Gasteiger partial charge in [-0.3, -0.25) is 4.79 Å². The maximum atomic E-state index is 14.2. The van der Waals surface area contributed by atoms with Gasteiger partial charge in [0.05, 0.1) is 6.54 Å². The Balaban J connectivity index is 1.72. The Morgan fingerprint density at radius 2 is 1.96 bits per heavy atom. The summed E-state index contributed by atoms with van der Waals surface area (Å²) >= 11 is 0. The quantitative estimate of drug-likeness (QED) is 0.850. The fourth-order valence-corrected chi connectivity index (χ4v) is 2.86. The number of anilines is 2. The number of rotatable bonds is 3. The summed E-state index contributed by atoms with van der Waals surface area (Å²) in [6.07, 6.45) is 0.214. The molecule has 1 aliphatic heterocycles. The second-order valence-corrected chi connectivity index (χ2v) is 5.69. The molecule has 0 saturated carbocycles. The number of para-hydroxylation sites is 1. The standard InChI is InChI=1S/C18H19FN2O2/c19-16-5-3-11-21(17-6-2-1-4-15(16)17)12-18(23)20-13-7-9-14(22)10-8-13/h1-2,4,6-10,16,22H,3,5,11-12H2,(H,20,23). The summed E-state index contributed by atoms with van der Waals surface area (Å²) in [4.78, 5) is 14.2. The van der Waals surface area contributed by atoms with Gasteiger partial charge in [0.2, 0.25) is 5.91 Å². The van der Waals surface area contributed by atoms with Crippen LogP contribution in [0.1, 0.15) is 24.6 Å². The Morgan fingerprint density at radius 3 is 2.74 bits per heavy atom. The highest BCUT2D eigenvalue weighted by atomic mass is 19.1. The molecule has 1 unspecified atom stereocenters. The van der Waals surface area contributed by atoms with Crippen LogP contribution in [0.4, 0.5) is 15.8 Å². The molecule has 23 heavy (non-hydrogen) atoms. The predicted molar refractivity (Wildman–Crippen MR) is 88.5 cm³/mol. The molecule has 5 heteroatoms. The summed E-state index contributed by atoms with van der Waals surface area (Å²) in [6.45, 7) is 0.824. The molecule has 1 aliphatic rings. The largest absolute Gasteiger partial charge is 0.508 e. The number of phenolic OH excluding ortho intramolecular Hbond substituents is 1. The maximum Gasteiger partial charge on any atom is 0.243 e. The Bertz CT molecular complexity index is 688. The van der Waals surface area contributed by atoms with Crippen LogP contribution in [0.5, 0.6) is 5.75 Å². The van der Waals surface area contributed by atoms with Crippen molar-refractivity contribution in [3.05, 3.63) is 54.1 Å². The van der Waals surface area contributed by atoms with Gasteiger partial charge in [-0.05, 0) is 43.2 Å². The monoisotopic (exact) mass is 314 g/mol. The first-order valence-corrected chi connectivity index (χ1v) is 7.70. The fourth-order valence-electron chi connectivity index (χ4n) is 2.86. The highest BCUT2D eigenvalue weighted by Gasteiger charge is 2.23. The first-order chi connectivity index (χ1) is 11.1. The zero-order valence-electron chi connectivity index (χ0n) is 12.7. The topological polar surface area (TPSA) is 52.6 Å². The Labute approximate surface area is 134 Å². The molecule has 4 nitrogen and oxygen atoms in total. The summed E-state index contributed by atoms with van der Waals surface area (Å²) in [5.41, 5.74) is 2.07. The van der Waals surface area contributed by atoms with E-state index >= 15 is 0 Å². The first kappa shape index (κ1) is 15.3. The van der Waals surface area contributed by atoms with Crippen LogP contribution in [-0.2, 0) is 4.79 Å². The van der Waals surface area contributed by atoms with Gasteiger partial charge in [0, 0.05) is 23.5 Å². The molecule has 2 aromatic carbocycles. The molecule has 0 aliphatic carbocycles. The average Bonchev–Trinajstić information content (AvgIpc) is 2.70. The highest BCUT2D eigenvalue weighted by molar-refractivity contribution is 5.94. The van der Waals surface area contributed by atoms with Gasteiger partial charge < -0.3 is 15.3 Å². The number of fused-ring (bicyclic) bond motifs is 1. The maximum absolute atomic E-state index is 14.2. The summed E-state index contributed by atoms with van der Waals surface area (Å²) in [5.74, 6) is -0.0127. The number of nitrogens with zero attached hydrogens (tertiary/aromatic N) is 1. The number of alkyl halides is 1. The van der Waals surface area contributed by atoms with Gasteiger partial charge in [0.15, 0.2) is 0 Å². The molecule has 0 saturated heterocycles. The van der Waals surface area contributed by atoms with Crippen molar-refractivity contribution in [2.45, 2.75) is 19.0 Å².